The van der Waals surface area contributed by atoms with Crippen LogP contribution in [0.4, 0.5) is 4.79 Å². The van der Waals surface area contributed by atoms with Crippen LogP contribution in [0.2, 0.25) is 0 Å². The Kier molecular flexibility index (Phi) is 5.31. The Morgan fingerprint density at radius 3 is 2.76 bits per heavy atom. The summed E-state index contributed by atoms with van der Waals surface area (Å²) in [5.41, 5.74) is 0.366. The molecule has 5 rings (SSSR count). The van der Waals surface area contributed by atoms with Gasteiger partial charge in [0.2, 0.25) is 6.79 Å². The molecule has 2 aliphatic rings. The van der Waals surface area contributed by atoms with Crippen LogP contribution in [0.25, 0.3) is 16.8 Å². The lowest BCUT2D eigenvalue weighted by Gasteiger charge is -2.13. The molecular formula is C22H16N4O6S. The molecule has 0 atom stereocenters. The highest BCUT2D eigenvalue weighted by Crippen LogP contribution is 2.36. The van der Waals surface area contributed by atoms with E-state index in [0.717, 1.165) is 16.7 Å². The highest BCUT2D eigenvalue weighted by Gasteiger charge is 2.34. The molecule has 1 aromatic heterocycles. The number of rotatable bonds is 5. The SMILES string of the molecule is O=C(NCCN1C(=O)S/C(=C\c2ccc3c(c2)OCO3)C1=O)c1n[nH]c(=O)c2ccccc12. The molecule has 10 nitrogen and oxygen atoms in total. The predicted molar refractivity (Wildman–Crippen MR) is 120 cm³/mol. The maximum Gasteiger partial charge on any atom is 0.293 e. The molecule has 2 N–H and O–H groups in total. The minimum Gasteiger partial charge on any atom is -0.454 e. The Balaban J connectivity index is 1.25. The third kappa shape index (κ3) is 3.94. The number of imide groups is 1. The first-order valence-corrected chi connectivity index (χ1v) is 10.7. The summed E-state index contributed by atoms with van der Waals surface area (Å²) >= 11 is 0.830. The van der Waals surface area contributed by atoms with E-state index in [1.165, 1.54) is 0 Å². The van der Waals surface area contributed by atoms with E-state index in [2.05, 4.69) is 15.5 Å². The summed E-state index contributed by atoms with van der Waals surface area (Å²) < 4.78 is 10.6. The third-order valence-corrected chi connectivity index (χ3v) is 6.01. The van der Waals surface area contributed by atoms with E-state index in [4.69, 9.17) is 9.47 Å². The zero-order valence-corrected chi connectivity index (χ0v) is 17.8. The van der Waals surface area contributed by atoms with Crippen molar-refractivity contribution in [3.63, 3.8) is 0 Å². The Bertz CT molecular complexity index is 1400. The molecule has 1 fully saturated rings. The number of fused-ring (bicyclic) bond motifs is 2. The summed E-state index contributed by atoms with van der Waals surface area (Å²) in [6.45, 7) is 0.172. The number of benzene rings is 2. The van der Waals surface area contributed by atoms with Crippen molar-refractivity contribution in [2.75, 3.05) is 19.9 Å². The summed E-state index contributed by atoms with van der Waals surface area (Å²) in [7, 11) is 0. The van der Waals surface area contributed by atoms with Crippen LogP contribution in [0.15, 0.2) is 52.2 Å². The van der Waals surface area contributed by atoms with Crippen LogP contribution in [-0.4, -0.2) is 52.0 Å². The van der Waals surface area contributed by atoms with Crippen molar-refractivity contribution >= 4 is 45.7 Å². The summed E-state index contributed by atoms with van der Waals surface area (Å²) in [4.78, 5) is 50.9. The Labute approximate surface area is 190 Å². The summed E-state index contributed by atoms with van der Waals surface area (Å²) in [5, 5.41) is 9.12. The lowest BCUT2D eigenvalue weighted by atomic mass is 10.1. The van der Waals surface area contributed by atoms with Gasteiger partial charge < -0.3 is 14.8 Å². The first-order chi connectivity index (χ1) is 16.0. The summed E-state index contributed by atoms with van der Waals surface area (Å²) in [6, 6.07) is 11.9. The second-order valence-electron chi connectivity index (χ2n) is 7.15. The van der Waals surface area contributed by atoms with Crippen LogP contribution in [-0.2, 0) is 4.79 Å². The summed E-state index contributed by atoms with van der Waals surface area (Å²) in [6.07, 6.45) is 1.61. The number of aromatic amines is 1. The number of hydrogen-bond acceptors (Lipinski definition) is 8. The van der Waals surface area contributed by atoms with Crippen LogP contribution in [0, 0.1) is 0 Å². The fourth-order valence-corrected chi connectivity index (χ4v) is 4.36. The number of carbonyl (C=O) groups excluding carboxylic acids is 3. The van der Waals surface area contributed by atoms with Crippen LogP contribution in [0.3, 0.4) is 0 Å². The molecule has 0 bridgehead atoms. The Morgan fingerprint density at radius 1 is 1.12 bits per heavy atom. The van der Waals surface area contributed by atoms with Crippen molar-refractivity contribution in [3.05, 3.63) is 69.0 Å². The minimum absolute atomic E-state index is 0.00380. The molecule has 3 heterocycles. The van der Waals surface area contributed by atoms with Crippen molar-refractivity contribution in [1.82, 2.24) is 20.4 Å². The number of hydrogen-bond donors (Lipinski definition) is 2. The number of nitrogens with zero attached hydrogens (tertiary/aromatic N) is 2. The molecule has 3 amide bonds. The lowest BCUT2D eigenvalue weighted by molar-refractivity contribution is -0.122. The van der Waals surface area contributed by atoms with Crippen molar-refractivity contribution in [2.24, 2.45) is 0 Å². The zero-order valence-electron chi connectivity index (χ0n) is 17.0. The number of carbonyl (C=O) groups is 3. The van der Waals surface area contributed by atoms with Gasteiger partial charge in [0, 0.05) is 18.5 Å². The number of aromatic nitrogens is 2. The van der Waals surface area contributed by atoms with Gasteiger partial charge in [-0.15, -0.1) is 0 Å². The predicted octanol–water partition coefficient (Wildman–Crippen LogP) is 2.12. The van der Waals surface area contributed by atoms with Gasteiger partial charge in [-0.05, 0) is 41.6 Å². The van der Waals surface area contributed by atoms with Crippen LogP contribution < -0.4 is 20.3 Å². The third-order valence-electron chi connectivity index (χ3n) is 5.10. The number of amides is 3. The monoisotopic (exact) mass is 464 g/mol. The van der Waals surface area contributed by atoms with Crippen molar-refractivity contribution in [2.45, 2.75) is 0 Å². The van der Waals surface area contributed by atoms with Gasteiger partial charge in [-0.25, -0.2) is 5.10 Å². The van der Waals surface area contributed by atoms with Crippen molar-refractivity contribution < 1.29 is 23.9 Å². The molecule has 0 unspecified atom stereocenters. The fraction of sp³-hybridized carbons (Fsp3) is 0.136. The largest absolute Gasteiger partial charge is 0.454 e. The van der Waals surface area contributed by atoms with E-state index in [1.807, 2.05) is 0 Å². The maximum atomic E-state index is 12.7. The standard InChI is InChI=1S/C22H16N4O6S/c27-19-14-4-2-1-3-13(14)18(24-25-19)20(28)23-7-8-26-21(29)17(33-22(26)30)10-12-5-6-15-16(9-12)32-11-31-15/h1-6,9-10H,7-8,11H2,(H,23,28)(H,25,27)/b17-10-. The topological polar surface area (TPSA) is 131 Å². The molecule has 166 valence electrons. The van der Waals surface area contributed by atoms with Gasteiger partial charge >= 0.3 is 0 Å². The number of thioether (sulfide) groups is 1. The molecule has 2 aliphatic heterocycles. The number of ether oxygens (including phenoxy) is 2. The molecule has 2 aromatic carbocycles. The summed E-state index contributed by atoms with van der Waals surface area (Å²) in [5.74, 6) is 0.240. The maximum absolute atomic E-state index is 12.7. The number of H-pyrrole nitrogens is 1. The van der Waals surface area contributed by atoms with Crippen molar-refractivity contribution in [1.29, 1.82) is 0 Å². The highest BCUT2D eigenvalue weighted by atomic mass is 32.2. The smallest absolute Gasteiger partial charge is 0.293 e. The van der Waals surface area contributed by atoms with Gasteiger partial charge in [-0.1, -0.05) is 24.3 Å². The average molecular weight is 464 g/mol. The highest BCUT2D eigenvalue weighted by molar-refractivity contribution is 8.18. The van der Waals surface area contributed by atoms with Gasteiger partial charge in [0.15, 0.2) is 17.2 Å². The first-order valence-electron chi connectivity index (χ1n) is 9.92. The van der Waals surface area contributed by atoms with E-state index in [9.17, 15) is 19.2 Å². The van der Waals surface area contributed by atoms with Crippen LogP contribution >= 0.6 is 11.8 Å². The molecule has 0 spiro atoms. The molecule has 3 aromatic rings. The van der Waals surface area contributed by atoms with E-state index in [-0.39, 0.29) is 30.5 Å². The average Bonchev–Trinajstić information content (AvgIpc) is 3.38. The lowest BCUT2D eigenvalue weighted by Crippen LogP contribution is -2.37. The van der Waals surface area contributed by atoms with Crippen molar-refractivity contribution in [3.8, 4) is 11.5 Å². The molecule has 0 radical (unpaired) electrons. The molecule has 33 heavy (non-hydrogen) atoms. The van der Waals surface area contributed by atoms with Gasteiger partial charge in [0.1, 0.15) is 0 Å². The Hall–Kier alpha value is -4.12. The van der Waals surface area contributed by atoms with E-state index in [1.54, 1.807) is 48.5 Å². The molecular weight excluding hydrogens is 448 g/mol. The quantitative estimate of drug-likeness (QED) is 0.549. The van der Waals surface area contributed by atoms with Gasteiger partial charge in [0.25, 0.3) is 22.6 Å². The van der Waals surface area contributed by atoms with Crippen LogP contribution in [0.5, 0.6) is 11.5 Å². The van der Waals surface area contributed by atoms with E-state index < -0.39 is 22.6 Å². The zero-order chi connectivity index (χ0) is 22.9. The Morgan fingerprint density at radius 2 is 1.91 bits per heavy atom. The normalized spacial score (nSPS) is 16.1. The number of nitrogens with one attached hydrogen (secondary N) is 2. The minimum atomic E-state index is -0.523. The first kappa shape index (κ1) is 20.8. The van der Waals surface area contributed by atoms with Gasteiger partial charge in [0.05, 0.1) is 10.3 Å². The molecule has 0 aliphatic carbocycles. The second-order valence-corrected chi connectivity index (χ2v) is 8.14. The van der Waals surface area contributed by atoms with E-state index in [0.29, 0.717) is 27.8 Å². The van der Waals surface area contributed by atoms with E-state index >= 15 is 0 Å². The molecule has 1 saturated heterocycles. The molecule has 0 saturated carbocycles. The fourth-order valence-electron chi connectivity index (χ4n) is 3.50. The van der Waals surface area contributed by atoms with Crippen LogP contribution in [0.1, 0.15) is 16.1 Å². The van der Waals surface area contributed by atoms with Gasteiger partial charge in [-0.2, -0.15) is 5.10 Å². The second kappa shape index (κ2) is 8.43. The molecule has 11 heteroatoms. The van der Waals surface area contributed by atoms with Gasteiger partial charge in [-0.3, -0.25) is 24.1 Å².